The second kappa shape index (κ2) is 8.99. The number of benzene rings is 3. The van der Waals surface area contributed by atoms with Crippen LogP contribution in [0.15, 0.2) is 72.3 Å². The van der Waals surface area contributed by atoms with E-state index in [0.717, 1.165) is 27.8 Å². The largest absolute Gasteiger partial charge is 0.321 e. The Balaban J connectivity index is 1.88. The van der Waals surface area contributed by atoms with Gasteiger partial charge in [0.25, 0.3) is 5.91 Å². The molecular formula is C25H21FN2O. The first-order valence-electron chi connectivity index (χ1n) is 9.29. The SMILES string of the molecule is Cc1cccc(NC(=O)/C(C#N)=C/c2ccccc2Cc2cccc(F)c2)c1C. The number of nitriles is 1. The normalized spacial score (nSPS) is 11.0. The highest BCUT2D eigenvalue weighted by Gasteiger charge is 2.13. The number of anilines is 1. The van der Waals surface area contributed by atoms with Gasteiger partial charge in [0.2, 0.25) is 0 Å². The van der Waals surface area contributed by atoms with Crippen molar-refractivity contribution >= 4 is 17.7 Å². The molecule has 1 amide bonds. The fraction of sp³-hybridized carbons (Fsp3) is 0.120. The zero-order valence-electron chi connectivity index (χ0n) is 16.4. The average molecular weight is 384 g/mol. The third kappa shape index (κ3) is 4.97. The number of halogens is 1. The van der Waals surface area contributed by atoms with Gasteiger partial charge in [0.15, 0.2) is 0 Å². The van der Waals surface area contributed by atoms with Crippen molar-refractivity contribution in [3.05, 3.63) is 106 Å². The fourth-order valence-corrected chi connectivity index (χ4v) is 3.08. The quantitative estimate of drug-likeness (QED) is 0.461. The van der Waals surface area contributed by atoms with E-state index in [4.69, 9.17) is 0 Å². The molecule has 3 aromatic carbocycles. The Morgan fingerprint density at radius 3 is 2.59 bits per heavy atom. The molecule has 0 unspecified atom stereocenters. The van der Waals surface area contributed by atoms with Gasteiger partial charge in [-0.1, -0.05) is 48.5 Å². The van der Waals surface area contributed by atoms with Crippen LogP contribution >= 0.6 is 0 Å². The van der Waals surface area contributed by atoms with Crippen LogP contribution in [0, 0.1) is 31.0 Å². The predicted octanol–water partition coefficient (Wildman–Crippen LogP) is 5.58. The van der Waals surface area contributed by atoms with E-state index in [1.807, 2.05) is 68.4 Å². The second-order valence-corrected chi connectivity index (χ2v) is 6.88. The van der Waals surface area contributed by atoms with Gasteiger partial charge in [-0.05, 0) is 72.4 Å². The Labute approximate surface area is 170 Å². The Bertz CT molecular complexity index is 1130. The van der Waals surface area contributed by atoms with E-state index in [9.17, 15) is 14.4 Å². The second-order valence-electron chi connectivity index (χ2n) is 6.88. The lowest BCUT2D eigenvalue weighted by atomic mass is 9.98. The Kier molecular flexibility index (Phi) is 6.21. The monoisotopic (exact) mass is 384 g/mol. The van der Waals surface area contributed by atoms with E-state index in [1.54, 1.807) is 12.1 Å². The number of nitrogens with one attached hydrogen (secondary N) is 1. The summed E-state index contributed by atoms with van der Waals surface area (Å²) in [7, 11) is 0. The highest BCUT2D eigenvalue weighted by molar-refractivity contribution is 6.10. The van der Waals surface area contributed by atoms with Gasteiger partial charge in [-0.25, -0.2) is 4.39 Å². The smallest absolute Gasteiger partial charge is 0.266 e. The summed E-state index contributed by atoms with van der Waals surface area (Å²) in [6.07, 6.45) is 2.08. The van der Waals surface area contributed by atoms with E-state index in [0.29, 0.717) is 12.1 Å². The molecule has 0 bridgehead atoms. The van der Waals surface area contributed by atoms with Crippen LogP contribution in [-0.4, -0.2) is 5.91 Å². The van der Waals surface area contributed by atoms with Crippen molar-refractivity contribution in [2.75, 3.05) is 5.32 Å². The topological polar surface area (TPSA) is 52.9 Å². The van der Waals surface area contributed by atoms with Crippen molar-refractivity contribution in [1.29, 1.82) is 5.26 Å². The molecule has 3 nitrogen and oxygen atoms in total. The number of aryl methyl sites for hydroxylation is 1. The lowest BCUT2D eigenvalue weighted by molar-refractivity contribution is -0.112. The lowest BCUT2D eigenvalue weighted by Gasteiger charge is -2.10. The third-order valence-electron chi connectivity index (χ3n) is 4.86. The van der Waals surface area contributed by atoms with E-state index in [-0.39, 0.29) is 11.4 Å². The Morgan fingerprint density at radius 1 is 1.07 bits per heavy atom. The van der Waals surface area contributed by atoms with E-state index < -0.39 is 5.91 Å². The molecule has 29 heavy (non-hydrogen) atoms. The molecule has 0 aromatic heterocycles. The van der Waals surface area contributed by atoms with Gasteiger partial charge in [-0.15, -0.1) is 0 Å². The van der Waals surface area contributed by atoms with Gasteiger partial charge in [0.1, 0.15) is 17.5 Å². The Morgan fingerprint density at radius 2 is 1.83 bits per heavy atom. The maximum absolute atomic E-state index is 13.5. The maximum Gasteiger partial charge on any atom is 0.266 e. The Hall–Kier alpha value is -3.71. The average Bonchev–Trinajstić information content (AvgIpc) is 2.70. The first-order chi connectivity index (χ1) is 14.0. The van der Waals surface area contributed by atoms with Gasteiger partial charge >= 0.3 is 0 Å². The van der Waals surface area contributed by atoms with Gasteiger partial charge in [0.05, 0.1) is 0 Å². The van der Waals surface area contributed by atoms with Gasteiger partial charge < -0.3 is 5.32 Å². The van der Waals surface area contributed by atoms with Crippen LogP contribution < -0.4 is 5.32 Å². The summed E-state index contributed by atoms with van der Waals surface area (Å²) in [5.41, 5.74) is 5.20. The van der Waals surface area contributed by atoms with Gasteiger partial charge in [0, 0.05) is 5.69 Å². The predicted molar refractivity (Wildman–Crippen MR) is 114 cm³/mol. The molecule has 0 atom stereocenters. The number of carbonyl (C=O) groups is 1. The minimum Gasteiger partial charge on any atom is -0.321 e. The van der Waals surface area contributed by atoms with Crippen LogP contribution in [0.25, 0.3) is 6.08 Å². The molecule has 0 saturated heterocycles. The minimum absolute atomic E-state index is 0.0117. The third-order valence-corrected chi connectivity index (χ3v) is 4.86. The number of amides is 1. The molecule has 0 aliphatic heterocycles. The van der Waals surface area contributed by atoms with Crippen molar-refractivity contribution in [1.82, 2.24) is 0 Å². The first-order valence-corrected chi connectivity index (χ1v) is 9.29. The molecule has 0 heterocycles. The van der Waals surface area contributed by atoms with E-state index >= 15 is 0 Å². The fourth-order valence-electron chi connectivity index (χ4n) is 3.08. The van der Waals surface area contributed by atoms with Crippen molar-refractivity contribution in [3.8, 4) is 6.07 Å². The molecule has 3 rings (SSSR count). The maximum atomic E-state index is 13.5. The minimum atomic E-state index is -0.457. The summed E-state index contributed by atoms with van der Waals surface area (Å²) in [4.78, 5) is 12.7. The van der Waals surface area contributed by atoms with Crippen LogP contribution in [0.2, 0.25) is 0 Å². The molecule has 1 N–H and O–H groups in total. The molecule has 0 spiro atoms. The van der Waals surface area contributed by atoms with Crippen LogP contribution in [0.4, 0.5) is 10.1 Å². The molecule has 0 radical (unpaired) electrons. The number of hydrogen-bond acceptors (Lipinski definition) is 2. The molecule has 144 valence electrons. The van der Waals surface area contributed by atoms with Crippen molar-refractivity contribution in [3.63, 3.8) is 0 Å². The summed E-state index contributed by atoms with van der Waals surface area (Å²) in [6.45, 7) is 3.89. The van der Waals surface area contributed by atoms with Crippen molar-refractivity contribution < 1.29 is 9.18 Å². The summed E-state index contributed by atoms with van der Waals surface area (Å²) in [6, 6.07) is 21.5. The van der Waals surface area contributed by atoms with Crippen LogP contribution in [0.3, 0.4) is 0 Å². The summed E-state index contributed by atoms with van der Waals surface area (Å²) >= 11 is 0. The van der Waals surface area contributed by atoms with E-state index in [1.165, 1.54) is 12.1 Å². The van der Waals surface area contributed by atoms with Crippen LogP contribution in [-0.2, 0) is 11.2 Å². The van der Waals surface area contributed by atoms with Gasteiger partial charge in [-0.2, -0.15) is 5.26 Å². The van der Waals surface area contributed by atoms with Crippen molar-refractivity contribution in [2.24, 2.45) is 0 Å². The zero-order chi connectivity index (χ0) is 20.8. The van der Waals surface area contributed by atoms with Gasteiger partial charge in [-0.3, -0.25) is 4.79 Å². The molecule has 4 heteroatoms. The van der Waals surface area contributed by atoms with Crippen molar-refractivity contribution in [2.45, 2.75) is 20.3 Å². The molecule has 0 aliphatic carbocycles. The molecule has 3 aromatic rings. The summed E-state index contributed by atoms with van der Waals surface area (Å²) < 4.78 is 13.5. The highest BCUT2D eigenvalue weighted by atomic mass is 19.1. The van der Waals surface area contributed by atoms with Crippen LogP contribution in [0.1, 0.15) is 27.8 Å². The number of nitrogens with zero attached hydrogens (tertiary/aromatic N) is 1. The standard InChI is InChI=1S/C25H21FN2O/c1-17-7-5-12-24(18(17)2)28-25(29)22(16-27)15-21-10-4-3-9-20(21)13-19-8-6-11-23(26)14-19/h3-12,14-15H,13H2,1-2H3,(H,28,29)/b22-15+. The first kappa shape index (κ1) is 20.0. The highest BCUT2D eigenvalue weighted by Crippen LogP contribution is 2.21. The molecular weight excluding hydrogens is 363 g/mol. The lowest BCUT2D eigenvalue weighted by Crippen LogP contribution is -2.14. The number of rotatable bonds is 5. The number of hydrogen-bond donors (Lipinski definition) is 1. The molecule has 0 saturated carbocycles. The van der Waals surface area contributed by atoms with E-state index in [2.05, 4.69) is 5.32 Å². The van der Waals surface area contributed by atoms with Crippen LogP contribution in [0.5, 0.6) is 0 Å². The summed E-state index contributed by atoms with van der Waals surface area (Å²) in [5.74, 6) is -0.747. The number of carbonyl (C=O) groups excluding carboxylic acids is 1. The molecule has 0 aliphatic rings. The molecule has 0 fully saturated rings. The zero-order valence-corrected chi connectivity index (χ0v) is 16.4. The summed E-state index contributed by atoms with van der Waals surface area (Å²) in [5, 5.41) is 12.4.